The van der Waals surface area contributed by atoms with Crippen LogP contribution < -0.4 is 10.1 Å². The Bertz CT molecular complexity index is 562. The van der Waals surface area contributed by atoms with E-state index in [2.05, 4.69) is 37.5 Å². The lowest BCUT2D eigenvalue weighted by Gasteiger charge is -2.26. The summed E-state index contributed by atoms with van der Waals surface area (Å²) in [6, 6.07) is 10.3. The molecule has 1 aromatic heterocycles. The van der Waals surface area contributed by atoms with Gasteiger partial charge in [-0.25, -0.2) is 0 Å². The minimum atomic E-state index is 0.295. The molecule has 0 aliphatic carbocycles. The molecule has 1 atom stereocenters. The summed E-state index contributed by atoms with van der Waals surface area (Å²) in [4.78, 5) is 0. The highest BCUT2D eigenvalue weighted by Gasteiger charge is 2.21. The fourth-order valence-electron chi connectivity index (χ4n) is 2.23. The number of hydrogen-bond acceptors (Lipinski definition) is 4. The van der Waals surface area contributed by atoms with Crippen molar-refractivity contribution in [3.63, 3.8) is 0 Å². The van der Waals surface area contributed by atoms with E-state index in [0.29, 0.717) is 12.6 Å². The van der Waals surface area contributed by atoms with Crippen LogP contribution >= 0.6 is 15.9 Å². The van der Waals surface area contributed by atoms with Crippen LogP contribution in [0.3, 0.4) is 0 Å². The Kier molecular flexibility index (Phi) is 3.75. The third-order valence-electron chi connectivity index (χ3n) is 3.17. The van der Waals surface area contributed by atoms with E-state index in [1.54, 1.807) is 6.20 Å². The second-order valence-corrected chi connectivity index (χ2v) is 5.38. The van der Waals surface area contributed by atoms with Crippen LogP contribution in [0.1, 0.15) is 23.7 Å². The Balaban J connectivity index is 1.75. The van der Waals surface area contributed by atoms with Crippen LogP contribution in [0.5, 0.6) is 5.75 Å². The molecule has 1 N–H and O–H groups in total. The topological polar surface area (TPSA) is 47.0 Å². The maximum absolute atomic E-state index is 5.67. The average molecular weight is 320 g/mol. The van der Waals surface area contributed by atoms with Crippen LogP contribution in [-0.2, 0) is 6.54 Å². The molecule has 1 aliphatic heterocycles. The van der Waals surface area contributed by atoms with Crippen molar-refractivity contribution in [3.8, 4) is 5.75 Å². The molecular weight excluding hydrogens is 306 g/mol. The maximum Gasteiger partial charge on any atom is 0.124 e. The van der Waals surface area contributed by atoms with Crippen LogP contribution in [0.2, 0.25) is 0 Å². The number of halogens is 1. The van der Waals surface area contributed by atoms with Gasteiger partial charge >= 0.3 is 0 Å². The molecule has 0 amide bonds. The third-order valence-corrected chi connectivity index (χ3v) is 3.66. The number of ether oxygens (including phenoxy) is 1. The fourth-order valence-corrected chi connectivity index (χ4v) is 2.61. The molecule has 5 heteroatoms. The quantitative estimate of drug-likeness (QED) is 0.945. The molecule has 1 aliphatic rings. The smallest absolute Gasteiger partial charge is 0.124 e. The highest BCUT2D eigenvalue weighted by atomic mass is 79.9. The van der Waals surface area contributed by atoms with Gasteiger partial charge in [-0.05, 0) is 30.3 Å². The molecule has 1 aromatic carbocycles. The van der Waals surface area contributed by atoms with E-state index in [1.807, 2.05) is 24.3 Å². The summed E-state index contributed by atoms with van der Waals surface area (Å²) in [6.45, 7) is 1.46. The Labute approximate surface area is 120 Å². The lowest BCUT2D eigenvalue weighted by Crippen LogP contribution is -2.27. The highest BCUT2D eigenvalue weighted by molar-refractivity contribution is 9.10. The molecule has 0 saturated carbocycles. The van der Waals surface area contributed by atoms with Crippen molar-refractivity contribution in [3.05, 3.63) is 52.3 Å². The van der Waals surface area contributed by atoms with Crippen molar-refractivity contribution in [2.24, 2.45) is 0 Å². The monoisotopic (exact) mass is 319 g/mol. The summed E-state index contributed by atoms with van der Waals surface area (Å²) in [6.07, 6.45) is 2.65. The van der Waals surface area contributed by atoms with Crippen LogP contribution in [0.4, 0.5) is 0 Å². The number of benzene rings is 1. The van der Waals surface area contributed by atoms with Crippen molar-refractivity contribution in [1.82, 2.24) is 15.5 Å². The fraction of sp³-hybridized carbons (Fsp3) is 0.286. The lowest BCUT2D eigenvalue weighted by atomic mass is 10.0. The first-order chi connectivity index (χ1) is 9.33. The molecule has 2 heterocycles. The van der Waals surface area contributed by atoms with Gasteiger partial charge in [0.05, 0.1) is 12.3 Å². The molecule has 0 saturated heterocycles. The molecule has 0 radical (unpaired) electrons. The van der Waals surface area contributed by atoms with Gasteiger partial charge in [0.1, 0.15) is 5.75 Å². The zero-order valence-corrected chi connectivity index (χ0v) is 11.9. The molecule has 19 heavy (non-hydrogen) atoms. The second-order valence-electron chi connectivity index (χ2n) is 4.47. The van der Waals surface area contributed by atoms with E-state index in [-0.39, 0.29) is 0 Å². The summed E-state index contributed by atoms with van der Waals surface area (Å²) in [5.74, 6) is 0.964. The molecule has 0 spiro atoms. The average Bonchev–Trinajstić information content (AvgIpc) is 2.46. The Morgan fingerprint density at radius 2 is 2.32 bits per heavy atom. The van der Waals surface area contributed by atoms with Gasteiger partial charge in [0.2, 0.25) is 0 Å². The number of fused-ring (bicyclic) bond motifs is 1. The van der Waals surface area contributed by atoms with E-state index >= 15 is 0 Å². The molecule has 0 fully saturated rings. The van der Waals surface area contributed by atoms with Gasteiger partial charge in [0.25, 0.3) is 0 Å². The summed E-state index contributed by atoms with van der Waals surface area (Å²) in [5, 5.41) is 11.5. The first-order valence-corrected chi connectivity index (χ1v) is 7.04. The van der Waals surface area contributed by atoms with E-state index in [9.17, 15) is 0 Å². The van der Waals surface area contributed by atoms with Gasteiger partial charge in [-0.15, -0.1) is 0 Å². The first kappa shape index (κ1) is 12.6. The summed E-state index contributed by atoms with van der Waals surface area (Å²) < 4.78 is 6.74. The normalized spacial score (nSPS) is 17.6. The molecule has 2 aromatic rings. The second kappa shape index (κ2) is 5.67. The largest absolute Gasteiger partial charge is 0.493 e. The predicted molar refractivity (Wildman–Crippen MR) is 75.9 cm³/mol. The van der Waals surface area contributed by atoms with Crippen molar-refractivity contribution >= 4 is 15.9 Å². The summed E-state index contributed by atoms with van der Waals surface area (Å²) in [7, 11) is 0. The highest BCUT2D eigenvalue weighted by Crippen LogP contribution is 2.34. The van der Waals surface area contributed by atoms with Crippen molar-refractivity contribution < 1.29 is 4.74 Å². The predicted octanol–water partition coefficient (Wildman–Crippen LogP) is 2.85. The third kappa shape index (κ3) is 2.93. The summed E-state index contributed by atoms with van der Waals surface area (Å²) in [5.41, 5.74) is 2.15. The number of aromatic nitrogens is 2. The SMILES string of the molecule is Brc1ccc2c(c1)C(NCc1cccnn1)CCO2. The van der Waals surface area contributed by atoms with Crippen LogP contribution in [0.15, 0.2) is 41.0 Å². The van der Waals surface area contributed by atoms with Gasteiger partial charge in [-0.3, -0.25) is 0 Å². The minimum absolute atomic E-state index is 0.295. The number of nitrogens with zero attached hydrogens (tertiary/aromatic N) is 2. The lowest BCUT2D eigenvalue weighted by molar-refractivity contribution is 0.251. The maximum atomic E-state index is 5.67. The minimum Gasteiger partial charge on any atom is -0.493 e. The number of nitrogens with one attached hydrogen (secondary N) is 1. The van der Waals surface area contributed by atoms with Gasteiger partial charge in [-0.1, -0.05) is 15.9 Å². The van der Waals surface area contributed by atoms with Crippen LogP contribution in [0, 0.1) is 0 Å². The summed E-state index contributed by atoms with van der Waals surface area (Å²) >= 11 is 3.51. The molecule has 4 nitrogen and oxygen atoms in total. The first-order valence-electron chi connectivity index (χ1n) is 6.25. The van der Waals surface area contributed by atoms with Gasteiger partial charge in [-0.2, -0.15) is 10.2 Å². The van der Waals surface area contributed by atoms with E-state index in [0.717, 1.165) is 28.9 Å². The zero-order chi connectivity index (χ0) is 13.1. The van der Waals surface area contributed by atoms with Crippen molar-refractivity contribution in [1.29, 1.82) is 0 Å². The zero-order valence-electron chi connectivity index (χ0n) is 10.3. The van der Waals surface area contributed by atoms with Gasteiger partial charge in [0.15, 0.2) is 0 Å². The molecule has 3 rings (SSSR count). The van der Waals surface area contributed by atoms with Crippen molar-refractivity contribution in [2.75, 3.05) is 6.61 Å². The Morgan fingerprint density at radius 3 is 3.16 bits per heavy atom. The standard InChI is InChI=1S/C14H14BrN3O/c15-10-3-4-14-12(8-10)13(5-7-19-14)16-9-11-2-1-6-17-18-11/h1-4,6,8,13,16H,5,7,9H2. The van der Waals surface area contributed by atoms with Crippen molar-refractivity contribution in [2.45, 2.75) is 19.0 Å². The van der Waals surface area contributed by atoms with E-state index in [1.165, 1.54) is 5.56 Å². The molecular formula is C14H14BrN3O. The number of rotatable bonds is 3. The van der Waals surface area contributed by atoms with Gasteiger partial charge < -0.3 is 10.1 Å². The van der Waals surface area contributed by atoms with E-state index < -0.39 is 0 Å². The van der Waals surface area contributed by atoms with E-state index in [4.69, 9.17) is 4.74 Å². The number of hydrogen-bond donors (Lipinski definition) is 1. The molecule has 1 unspecified atom stereocenters. The molecule has 98 valence electrons. The van der Waals surface area contributed by atoms with Gasteiger partial charge in [0, 0.05) is 35.2 Å². The Morgan fingerprint density at radius 1 is 1.37 bits per heavy atom. The van der Waals surface area contributed by atoms with Crippen LogP contribution in [0.25, 0.3) is 0 Å². The molecule has 0 bridgehead atoms. The Hall–Kier alpha value is -1.46. The van der Waals surface area contributed by atoms with Crippen LogP contribution in [-0.4, -0.2) is 16.8 Å².